The van der Waals surface area contributed by atoms with Crippen molar-refractivity contribution in [2.45, 2.75) is 19.1 Å². The number of aromatic nitrogens is 1. The van der Waals surface area contributed by atoms with Gasteiger partial charge in [0.05, 0.1) is 18.0 Å². The summed E-state index contributed by atoms with van der Waals surface area (Å²) in [6.45, 7) is 1.49. The molecule has 0 radical (unpaired) electrons. The first-order valence-electron chi connectivity index (χ1n) is 7.75. The van der Waals surface area contributed by atoms with E-state index in [-0.39, 0.29) is 49.8 Å². The van der Waals surface area contributed by atoms with Gasteiger partial charge in [-0.1, -0.05) is 0 Å². The lowest BCUT2D eigenvalue weighted by molar-refractivity contribution is -0.118. The molecule has 26 heavy (non-hydrogen) atoms. The number of nitrogens with two attached hydrogens (primary N) is 1. The van der Waals surface area contributed by atoms with E-state index < -0.39 is 5.76 Å². The van der Waals surface area contributed by atoms with Crippen LogP contribution in [0.2, 0.25) is 0 Å². The van der Waals surface area contributed by atoms with Crippen LogP contribution in [-0.4, -0.2) is 55.8 Å². The van der Waals surface area contributed by atoms with Gasteiger partial charge in [0.15, 0.2) is 5.58 Å². The fraction of sp³-hybridized carbons (Fsp3) is 0.500. The van der Waals surface area contributed by atoms with Crippen molar-refractivity contribution in [3.63, 3.8) is 0 Å². The molecule has 148 valence electrons. The number of carbonyl (C=O) groups is 1. The Hall–Kier alpha value is -1.58. The first-order chi connectivity index (χ1) is 11.4. The van der Waals surface area contributed by atoms with Crippen molar-refractivity contribution in [3.8, 4) is 0 Å². The van der Waals surface area contributed by atoms with Crippen LogP contribution >= 0.6 is 24.8 Å². The van der Waals surface area contributed by atoms with Crippen molar-refractivity contribution >= 4 is 47.5 Å². The minimum atomic E-state index is -0.405. The molecule has 0 spiro atoms. The van der Waals surface area contributed by atoms with Crippen molar-refractivity contribution in [2.75, 3.05) is 39.6 Å². The van der Waals surface area contributed by atoms with E-state index in [4.69, 9.17) is 14.9 Å². The van der Waals surface area contributed by atoms with Gasteiger partial charge in [0, 0.05) is 32.4 Å². The molecular formula is C16H26Cl2N4O4. The number of amides is 1. The maximum atomic E-state index is 12.0. The molecule has 1 heterocycles. The van der Waals surface area contributed by atoms with Crippen molar-refractivity contribution in [2.24, 2.45) is 5.73 Å². The first kappa shape index (κ1) is 24.4. The molecule has 2 aromatic rings. The van der Waals surface area contributed by atoms with Gasteiger partial charge >= 0.3 is 5.76 Å². The first-order valence-corrected chi connectivity index (χ1v) is 7.75. The second-order valence-electron chi connectivity index (χ2n) is 5.85. The largest absolute Gasteiger partial charge is 0.419 e. The number of methoxy groups -OCH3 is 1. The molecule has 0 bridgehead atoms. The minimum Gasteiger partial charge on any atom is -0.408 e. The quantitative estimate of drug-likeness (QED) is 0.682. The van der Waals surface area contributed by atoms with Crippen LogP contribution in [0.1, 0.15) is 6.42 Å². The molecular weight excluding hydrogens is 383 g/mol. The van der Waals surface area contributed by atoms with Crippen LogP contribution < -0.4 is 16.8 Å². The number of hydrogen-bond acceptors (Lipinski definition) is 6. The predicted molar refractivity (Wildman–Crippen MR) is 107 cm³/mol. The van der Waals surface area contributed by atoms with Crippen molar-refractivity contribution < 1.29 is 13.9 Å². The van der Waals surface area contributed by atoms with Crippen molar-refractivity contribution in [3.05, 3.63) is 28.7 Å². The number of halogens is 2. The standard InChI is InChI=1S/C16H24N4O4.2ClH/c1-19(2)6-7-20-13-8-11(4-5-14(13)24-16(20)22)18-15(21)9-12(10-17)23-3;;/h4-5,8,12H,6-7,9-10,17H2,1-3H3,(H,18,21);2*1H. The number of likely N-dealkylation sites (N-methyl/N-ethyl adjacent to an activating group) is 1. The number of fused-ring (bicyclic) bond motifs is 1. The second kappa shape index (κ2) is 11.2. The lowest BCUT2D eigenvalue weighted by atomic mass is 10.2. The maximum absolute atomic E-state index is 12.0. The molecule has 3 N–H and O–H groups in total. The van der Waals surface area contributed by atoms with Crippen LogP contribution in [0.25, 0.3) is 11.1 Å². The number of hydrogen-bond donors (Lipinski definition) is 2. The average molecular weight is 409 g/mol. The topological polar surface area (TPSA) is 103 Å². The highest BCUT2D eigenvalue weighted by Crippen LogP contribution is 2.19. The summed E-state index contributed by atoms with van der Waals surface area (Å²) in [5, 5.41) is 2.79. The highest BCUT2D eigenvalue weighted by molar-refractivity contribution is 5.93. The Bertz CT molecular complexity index is 756. The zero-order valence-electron chi connectivity index (χ0n) is 15.1. The number of nitrogens with one attached hydrogen (secondary N) is 1. The van der Waals surface area contributed by atoms with E-state index in [0.717, 1.165) is 0 Å². The molecule has 1 aromatic heterocycles. The molecule has 0 aliphatic heterocycles. The van der Waals surface area contributed by atoms with Gasteiger partial charge in [-0.05, 0) is 32.3 Å². The van der Waals surface area contributed by atoms with Crippen LogP contribution in [0, 0.1) is 0 Å². The molecule has 0 saturated carbocycles. The molecule has 1 atom stereocenters. The summed E-state index contributed by atoms with van der Waals surface area (Å²) in [6, 6.07) is 5.11. The van der Waals surface area contributed by atoms with E-state index in [2.05, 4.69) is 5.32 Å². The molecule has 2 rings (SSSR count). The summed E-state index contributed by atoms with van der Waals surface area (Å²) < 4.78 is 11.9. The van der Waals surface area contributed by atoms with Crippen LogP contribution in [0.3, 0.4) is 0 Å². The summed E-state index contributed by atoms with van der Waals surface area (Å²) in [4.78, 5) is 26.0. The van der Waals surface area contributed by atoms with Crippen LogP contribution in [0.5, 0.6) is 0 Å². The van der Waals surface area contributed by atoms with Gasteiger partial charge in [0.2, 0.25) is 5.91 Å². The van der Waals surface area contributed by atoms with Gasteiger partial charge in [-0.15, -0.1) is 24.8 Å². The highest BCUT2D eigenvalue weighted by atomic mass is 35.5. The van der Waals surface area contributed by atoms with Crippen LogP contribution in [0.4, 0.5) is 5.69 Å². The number of nitrogens with zero attached hydrogens (tertiary/aromatic N) is 2. The van der Waals surface area contributed by atoms with E-state index in [1.807, 2.05) is 19.0 Å². The summed E-state index contributed by atoms with van der Waals surface area (Å²) in [7, 11) is 5.39. The number of benzene rings is 1. The van der Waals surface area contributed by atoms with Gasteiger partial charge in [-0.2, -0.15) is 0 Å². The fourth-order valence-electron chi connectivity index (χ4n) is 2.33. The molecule has 1 unspecified atom stereocenters. The second-order valence-corrected chi connectivity index (χ2v) is 5.85. The molecule has 1 amide bonds. The Morgan fingerprint density at radius 2 is 2.08 bits per heavy atom. The van der Waals surface area contributed by atoms with Gasteiger partial charge in [-0.25, -0.2) is 4.79 Å². The average Bonchev–Trinajstić information content (AvgIpc) is 2.85. The molecule has 0 fully saturated rings. The normalized spacial score (nSPS) is 11.7. The lowest BCUT2D eigenvalue weighted by Crippen LogP contribution is -2.28. The van der Waals surface area contributed by atoms with Gasteiger partial charge in [0.25, 0.3) is 0 Å². The summed E-state index contributed by atoms with van der Waals surface area (Å²) in [5.41, 5.74) is 7.26. The molecule has 0 aliphatic carbocycles. The highest BCUT2D eigenvalue weighted by Gasteiger charge is 2.14. The summed E-state index contributed by atoms with van der Waals surface area (Å²) >= 11 is 0. The van der Waals surface area contributed by atoms with Crippen LogP contribution in [-0.2, 0) is 16.1 Å². The molecule has 1 aromatic carbocycles. The van der Waals surface area contributed by atoms with Crippen LogP contribution in [0.15, 0.2) is 27.4 Å². The van der Waals surface area contributed by atoms with E-state index in [1.165, 1.54) is 7.11 Å². The number of rotatable bonds is 8. The SMILES string of the molecule is COC(CN)CC(=O)Nc1ccc2oc(=O)n(CCN(C)C)c2c1.Cl.Cl. The third-order valence-corrected chi connectivity index (χ3v) is 3.73. The van der Waals surface area contributed by atoms with E-state index in [9.17, 15) is 9.59 Å². The van der Waals surface area contributed by atoms with Crippen molar-refractivity contribution in [1.82, 2.24) is 9.47 Å². The summed E-state index contributed by atoms with van der Waals surface area (Å²) in [5.74, 6) is -0.602. The number of carbonyl (C=O) groups excluding carboxylic acids is 1. The monoisotopic (exact) mass is 408 g/mol. The third kappa shape index (κ3) is 6.30. The fourth-order valence-corrected chi connectivity index (χ4v) is 2.33. The van der Waals surface area contributed by atoms with Gasteiger partial charge in [-0.3, -0.25) is 9.36 Å². The number of ether oxygens (including phenoxy) is 1. The van der Waals surface area contributed by atoms with Crippen molar-refractivity contribution in [1.29, 1.82) is 0 Å². The maximum Gasteiger partial charge on any atom is 0.419 e. The molecule has 0 aliphatic rings. The molecule has 10 heteroatoms. The van der Waals surface area contributed by atoms with E-state index in [0.29, 0.717) is 29.9 Å². The lowest BCUT2D eigenvalue weighted by Gasteiger charge is -2.13. The zero-order valence-corrected chi connectivity index (χ0v) is 16.7. The molecule has 0 saturated heterocycles. The Labute approximate surface area is 164 Å². The predicted octanol–water partition coefficient (Wildman–Crippen LogP) is 1.30. The van der Waals surface area contributed by atoms with Gasteiger partial charge in [0.1, 0.15) is 0 Å². The van der Waals surface area contributed by atoms with Gasteiger partial charge < -0.3 is 25.1 Å². The Morgan fingerprint density at radius 3 is 2.65 bits per heavy atom. The Balaban J connectivity index is 0.00000312. The smallest absolute Gasteiger partial charge is 0.408 e. The van der Waals surface area contributed by atoms with E-state index >= 15 is 0 Å². The Morgan fingerprint density at radius 1 is 1.38 bits per heavy atom. The molecule has 8 nitrogen and oxygen atoms in total. The number of oxazole rings is 1. The summed E-state index contributed by atoms with van der Waals surface area (Å²) in [6.07, 6.45) is -0.148. The van der Waals surface area contributed by atoms with E-state index in [1.54, 1.807) is 22.8 Å². The number of anilines is 1. The third-order valence-electron chi connectivity index (χ3n) is 3.73. The Kier molecular flexibility index (Phi) is 10.5. The zero-order chi connectivity index (χ0) is 17.7. The minimum absolute atomic E-state index is 0.